The van der Waals surface area contributed by atoms with Crippen LogP contribution in [0, 0.1) is 20.8 Å². The molecular weight excluding hydrogens is 350 g/mol. The number of aromatic nitrogens is 2. The van der Waals surface area contributed by atoms with Crippen molar-refractivity contribution in [3.63, 3.8) is 0 Å². The molecule has 134 valence electrons. The molecule has 7 heteroatoms. The zero-order chi connectivity index (χ0) is 18.8. The van der Waals surface area contributed by atoms with E-state index in [-0.39, 0.29) is 5.91 Å². The molecule has 0 unspecified atom stereocenters. The van der Waals surface area contributed by atoms with E-state index in [2.05, 4.69) is 15.3 Å². The SMILES string of the molecule is COC(=O)c1c(C)[nH]c(C(=O)Nc2nc(-c3ccc(C)cc3)cs2)c1C. The van der Waals surface area contributed by atoms with Crippen LogP contribution in [0.5, 0.6) is 0 Å². The number of nitrogens with one attached hydrogen (secondary N) is 2. The average Bonchev–Trinajstić information content (AvgIpc) is 3.19. The topological polar surface area (TPSA) is 84.1 Å². The van der Waals surface area contributed by atoms with E-state index >= 15 is 0 Å². The van der Waals surface area contributed by atoms with Crippen molar-refractivity contribution in [2.75, 3.05) is 12.4 Å². The summed E-state index contributed by atoms with van der Waals surface area (Å²) in [6, 6.07) is 8.03. The maximum absolute atomic E-state index is 12.6. The average molecular weight is 369 g/mol. The Morgan fingerprint density at radius 3 is 2.50 bits per heavy atom. The van der Waals surface area contributed by atoms with Crippen LogP contribution in [0.3, 0.4) is 0 Å². The maximum Gasteiger partial charge on any atom is 0.339 e. The number of nitrogens with zero attached hydrogens (tertiary/aromatic N) is 1. The van der Waals surface area contributed by atoms with Gasteiger partial charge in [0.25, 0.3) is 5.91 Å². The van der Waals surface area contributed by atoms with Crippen LogP contribution in [-0.4, -0.2) is 29.0 Å². The number of benzene rings is 1. The van der Waals surface area contributed by atoms with Gasteiger partial charge in [0.2, 0.25) is 0 Å². The minimum absolute atomic E-state index is 0.329. The number of ether oxygens (including phenoxy) is 1. The summed E-state index contributed by atoms with van der Waals surface area (Å²) in [5.74, 6) is -0.809. The van der Waals surface area contributed by atoms with Crippen LogP contribution in [-0.2, 0) is 4.74 Å². The van der Waals surface area contributed by atoms with Crippen molar-refractivity contribution in [3.8, 4) is 11.3 Å². The number of aryl methyl sites for hydroxylation is 2. The van der Waals surface area contributed by atoms with E-state index < -0.39 is 5.97 Å². The number of carbonyl (C=O) groups is 2. The Labute approximate surface area is 155 Å². The van der Waals surface area contributed by atoms with E-state index in [1.54, 1.807) is 13.8 Å². The van der Waals surface area contributed by atoms with Crippen molar-refractivity contribution in [2.24, 2.45) is 0 Å². The third-order valence-corrected chi connectivity index (χ3v) is 4.88. The lowest BCUT2D eigenvalue weighted by Gasteiger charge is -2.02. The molecule has 2 aromatic heterocycles. The van der Waals surface area contributed by atoms with Crippen LogP contribution in [0.15, 0.2) is 29.6 Å². The smallest absolute Gasteiger partial charge is 0.339 e. The summed E-state index contributed by atoms with van der Waals surface area (Å²) in [4.78, 5) is 31.8. The van der Waals surface area contributed by atoms with Crippen molar-refractivity contribution in [1.29, 1.82) is 0 Å². The summed E-state index contributed by atoms with van der Waals surface area (Å²) < 4.78 is 4.77. The second-order valence-corrected chi connectivity index (χ2v) is 6.83. The van der Waals surface area contributed by atoms with Crippen LogP contribution in [0.1, 0.15) is 37.7 Å². The summed E-state index contributed by atoms with van der Waals surface area (Å²) in [7, 11) is 1.32. The Kier molecular flexibility index (Phi) is 4.90. The molecule has 3 rings (SSSR count). The van der Waals surface area contributed by atoms with Gasteiger partial charge in [0, 0.05) is 16.6 Å². The van der Waals surface area contributed by atoms with Crippen LogP contribution in [0.2, 0.25) is 0 Å². The van der Waals surface area contributed by atoms with Gasteiger partial charge >= 0.3 is 5.97 Å². The summed E-state index contributed by atoms with van der Waals surface area (Å²) in [5, 5.41) is 5.18. The quantitative estimate of drug-likeness (QED) is 0.678. The second kappa shape index (κ2) is 7.13. The first kappa shape index (κ1) is 17.9. The zero-order valence-corrected chi connectivity index (χ0v) is 15.8. The van der Waals surface area contributed by atoms with Crippen molar-refractivity contribution < 1.29 is 14.3 Å². The van der Waals surface area contributed by atoms with E-state index in [1.807, 2.05) is 36.6 Å². The van der Waals surface area contributed by atoms with Gasteiger partial charge < -0.3 is 9.72 Å². The van der Waals surface area contributed by atoms with Gasteiger partial charge in [-0.05, 0) is 26.3 Å². The Morgan fingerprint density at radius 1 is 1.15 bits per heavy atom. The van der Waals surface area contributed by atoms with E-state index in [0.29, 0.717) is 27.6 Å². The van der Waals surface area contributed by atoms with Gasteiger partial charge in [0.15, 0.2) is 5.13 Å². The molecule has 0 saturated carbocycles. The number of methoxy groups -OCH3 is 1. The van der Waals surface area contributed by atoms with Crippen molar-refractivity contribution in [1.82, 2.24) is 9.97 Å². The number of hydrogen-bond acceptors (Lipinski definition) is 5. The lowest BCUT2D eigenvalue weighted by Crippen LogP contribution is -2.14. The van der Waals surface area contributed by atoms with Crippen LogP contribution < -0.4 is 5.32 Å². The Bertz CT molecular complexity index is 971. The lowest BCUT2D eigenvalue weighted by atomic mass is 10.1. The van der Waals surface area contributed by atoms with Gasteiger partial charge in [-0.15, -0.1) is 11.3 Å². The summed E-state index contributed by atoms with van der Waals surface area (Å²) >= 11 is 1.35. The highest BCUT2D eigenvalue weighted by Crippen LogP contribution is 2.26. The third-order valence-electron chi connectivity index (χ3n) is 4.13. The first-order chi connectivity index (χ1) is 12.4. The van der Waals surface area contributed by atoms with Gasteiger partial charge in [-0.3, -0.25) is 10.1 Å². The first-order valence-electron chi connectivity index (χ1n) is 8.02. The Morgan fingerprint density at radius 2 is 1.85 bits per heavy atom. The molecule has 0 radical (unpaired) electrons. The second-order valence-electron chi connectivity index (χ2n) is 5.97. The molecule has 0 saturated heterocycles. The molecule has 0 aliphatic rings. The largest absolute Gasteiger partial charge is 0.465 e. The summed E-state index contributed by atoms with van der Waals surface area (Å²) in [6.45, 7) is 5.47. The molecule has 1 amide bonds. The predicted molar refractivity (Wildman–Crippen MR) is 102 cm³/mol. The monoisotopic (exact) mass is 369 g/mol. The molecular formula is C19H19N3O3S. The number of aromatic amines is 1. The van der Waals surface area contributed by atoms with Gasteiger partial charge in [-0.2, -0.15) is 0 Å². The standard InChI is InChI=1S/C19H19N3O3S/c1-10-5-7-13(8-6-10)14-9-26-19(21-14)22-17(23)16-11(2)15(12(3)20-16)18(24)25-4/h5-9,20H,1-4H3,(H,21,22,23). The molecule has 2 N–H and O–H groups in total. The van der Waals surface area contributed by atoms with E-state index in [1.165, 1.54) is 24.0 Å². The normalized spacial score (nSPS) is 10.6. The van der Waals surface area contributed by atoms with Crippen molar-refractivity contribution in [3.05, 3.63) is 57.7 Å². The molecule has 6 nitrogen and oxygen atoms in total. The molecule has 0 aliphatic heterocycles. The van der Waals surface area contributed by atoms with Gasteiger partial charge in [0.1, 0.15) is 5.69 Å². The molecule has 0 bridgehead atoms. The highest BCUT2D eigenvalue weighted by atomic mass is 32.1. The summed E-state index contributed by atoms with van der Waals surface area (Å²) in [5.41, 5.74) is 4.84. The fraction of sp³-hybridized carbons (Fsp3) is 0.211. The van der Waals surface area contributed by atoms with E-state index in [9.17, 15) is 9.59 Å². The highest BCUT2D eigenvalue weighted by molar-refractivity contribution is 7.14. The molecule has 0 spiro atoms. The number of H-pyrrole nitrogens is 1. The number of hydrogen-bond donors (Lipinski definition) is 2. The minimum atomic E-state index is -0.466. The number of thiazole rings is 1. The number of anilines is 1. The first-order valence-corrected chi connectivity index (χ1v) is 8.90. The summed E-state index contributed by atoms with van der Waals surface area (Å²) in [6.07, 6.45) is 0. The Hall–Kier alpha value is -2.93. The molecule has 0 fully saturated rings. The molecule has 2 heterocycles. The van der Waals surface area contributed by atoms with E-state index in [4.69, 9.17) is 4.74 Å². The molecule has 1 aromatic carbocycles. The van der Waals surface area contributed by atoms with Crippen LogP contribution in [0.4, 0.5) is 5.13 Å². The minimum Gasteiger partial charge on any atom is -0.465 e. The van der Waals surface area contributed by atoms with E-state index in [0.717, 1.165) is 11.3 Å². The number of esters is 1. The fourth-order valence-electron chi connectivity index (χ4n) is 2.73. The van der Waals surface area contributed by atoms with Crippen LogP contribution in [0.25, 0.3) is 11.3 Å². The van der Waals surface area contributed by atoms with Crippen molar-refractivity contribution in [2.45, 2.75) is 20.8 Å². The van der Waals surface area contributed by atoms with Gasteiger partial charge in [-0.1, -0.05) is 29.8 Å². The number of rotatable bonds is 4. The molecule has 26 heavy (non-hydrogen) atoms. The van der Waals surface area contributed by atoms with Gasteiger partial charge in [-0.25, -0.2) is 9.78 Å². The lowest BCUT2D eigenvalue weighted by molar-refractivity contribution is 0.0599. The van der Waals surface area contributed by atoms with Crippen molar-refractivity contribution >= 4 is 28.3 Å². The van der Waals surface area contributed by atoms with Crippen LogP contribution >= 0.6 is 11.3 Å². The third kappa shape index (κ3) is 3.39. The Balaban J connectivity index is 1.81. The number of amides is 1. The zero-order valence-electron chi connectivity index (χ0n) is 15.0. The van der Waals surface area contributed by atoms with Gasteiger partial charge in [0.05, 0.1) is 18.4 Å². The molecule has 3 aromatic rings. The maximum atomic E-state index is 12.6. The number of carbonyl (C=O) groups excluding carboxylic acids is 2. The fourth-order valence-corrected chi connectivity index (χ4v) is 3.45. The molecule has 0 atom stereocenters. The molecule has 0 aliphatic carbocycles. The predicted octanol–water partition coefficient (Wildman–Crippen LogP) is 4.10. The highest BCUT2D eigenvalue weighted by Gasteiger charge is 2.23.